The predicted octanol–water partition coefficient (Wildman–Crippen LogP) is 4.05. The van der Waals surface area contributed by atoms with E-state index in [1.807, 2.05) is 93.3 Å². The zero-order chi connectivity index (χ0) is 31.5. The van der Waals surface area contributed by atoms with Gasteiger partial charge < -0.3 is 25.0 Å². The number of carbonyl (C=O) groups excluding carboxylic acids is 2. The van der Waals surface area contributed by atoms with Crippen LogP contribution in [0, 0.1) is 6.92 Å². The van der Waals surface area contributed by atoms with Crippen LogP contribution in [-0.2, 0) is 11.8 Å². The van der Waals surface area contributed by atoms with Gasteiger partial charge in [-0.05, 0) is 62.4 Å². The number of nitrogens with zero attached hydrogens (tertiary/aromatic N) is 6. The minimum absolute atomic E-state index is 0.0610. The number of likely N-dealkylation sites (N-methyl/N-ethyl adjacent to an activating group) is 2. The second kappa shape index (κ2) is 12.7. The van der Waals surface area contributed by atoms with Gasteiger partial charge in [-0.2, -0.15) is 0 Å². The molecular formula is C33H38N8O3. The lowest BCUT2D eigenvalue weighted by Crippen LogP contribution is -2.48. The van der Waals surface area contributed by atoms with Gasteiger partial charge in [0.25, 0.3) is 11.5 Å². The van der Waals surface area contributed by atoms with E-state index in [9.17, 15) is 14.4 Å². The fourth-order valence-corrected chi connectivity index (χ4v) is 5.20. The first-order valence-corrected chi connectivity index (χ1v) is 14.6. The lowest BCUT2D eigenvalue weighted by Gasteiger charge is -2.37. The minimum Gasteiger partial charge on any atom is -0.360 e. The summed E-state index contributed by atoms with van der Waals surface area (Å²) < 4.78 is 1.48. The molecule has 0 aliphatic carbocycles. The predicted molar refractivity (Wildman–Crippen MR) is 174 cm³/mol. The summed E-state index contributed by atoms with van der Waals surface area (Å²) in [6.45, 7) is 6.25. The average Bonchev–Trinajstić information content (AvgIpc) is 3.02. The molecule has 1 saturated heterocycles. The Morgan fingerprint density at radius 1 is 1.02 bits per heavy atom. The largest absolute Gasteiger partial charge is 0.360 e. The van der Waals surface area contributed by atoms with E-state index in [2.05, 4.69) is 20.6 Å². The van der Waals surface area contributed by atoms with Crippen molar-refractivity contribution in [1.82, 2.24) is 24.3 Å². The highest BCUT2D eigenvalue weighted by atomic mass is 16.2. The van der Waals surface area contributed by atoms with Crippen molar-refractivity contribution in [1.29, 1.82) is 0 Å². The molecule has 1 atom stereocenters. The molecule has 1 aliphatic heterocycles. The van der Waals surface area contributed by atoms with Gasteiger partial charge >= 0.3 is 0 Å². The number of rotatable bonds is 8. The third-order valence-electron chi connectivity index (χ3n) is 8.13. The lowest BCUT2D eigenvalue weighted by atomic mass is 10.0. The van der Waals surface area contributed by atoms with E-state index in [-0.39, 0.29) is 29.2 Å². The molecule has 4 aromatic rings. The quantitative estimate of drug-likeness (QED) is 0.314. The van der Waals surface area contributed by atoms with Crippen molar-refractivity contribution in [2.75, 3.05) is 56.3 Å². The molecule has 0 bridgehead atoms. The van der Waals surface area contributed by atoms with Crippen LogP contribution in [0.5, 0.6) is 0 Å². The summed E-state index contributed by atoms with van der Waals surface area (Å²) in [6, 6.07) is 16.3. The third kappa shape index (κ3) is 6.18. The van der Waals surface area contributed by atoms with E-state index in [4.69, 9.17) is 0 Å². The number of nitrogens with one attached hydrogen (secondary N) is 2. The van der Waals surface area contributed by atoms with Crippen LogP contribution in [0.15, 0.2) is 71.8 Å². The Bertz CT molecular complexity index is 1730. The van der Waals surface area contributed by atoms with E-state index < -0.39 is 0 Å². The number of aromatic nitrogens is 3. The van der Waals surface area contributed by atoms with Crippen LogP contribution in [0.3, 0.4) is 0 Å². The smallest absolute Gasteiger partial charge is 0.293 e. The summed E-state index contributed by atoms with van der Waals surface area (Å²) >= 11 is 0. The van der Waals surface area contributed by atoms with Crippen LogP contribution < -0.4 is 21.1 Å². The van der Waals surface area contributed by atoms with E-state index in [0.29, 0.717) is 29.2 Å². The molecule has 1 aliphatic rings. The lowest BCUT2D eigenvalue weighted by molar-refractivity contribution is -0.139. The summed E-state index contributed by atoms with van der Waals surface area (Å²) in [6.07, 6.45) is 3.25. The number of hydrogen-bond acceptors (Lipinski definition) is 8. The Hall–Kier alpha value is -5.03. The molecule has 44 heavy (non-hydrogen) atoms. The first-order valence-electron chi connectivity index (χ1n) is 14.6. The highest BCUT2D eigenvalue weighted by Gasteiger charge is 2.31. The van der Waals surface area contributed by atoms with Gasteiger partial charge in [0.1, 0.15) is 11.9 Å². The molecule has 228 valence electrons. The molecular weight excluding hydrogens is 556 g/mol. The molecule has 2 aromatic heterocycles. The minimum atomic E-state index is -0.341. The molecule has 0 radical (unpaired) electrons. The monoisotopic (exact) mass is 594 g/mol. The molecule has 11 nitrogen and oxygen atoms in total. The number of carbonyl (C=O) groups is 2. The second-order valence-electron chi connectivity index (χ2n) is 11.1. The maximum Gasteiger partial charge on any atom is 0.293 e. The number of amides is 2. The van der Waals surface area contributed by atoms with E-state index in [1.165, 1.54) is 4.57 Å². The molecule has 1 fully saturated rings. The van der Waals surface area contributed by atoms with Crippen molar-refractivity contribution < 1.29 is 9.59 Å². The summed E-state index contributed by atoms with van der Waals surface area (Å²) in [7, 11) is 7.39. The maximum absolute atomic E-state index is 13.0. The number of hydrogen-bond donors (Lipinski definition) is 2. The Balaban J connectivity index is 1.37. The zero-order valence-corrected chi connectivity index (χ0v) is 26.0. The highest BCUT2D eigenvalue weighted by Crippen LogP contribution is 2.29. The van der Waals surface area contributed by atoms with Crippen LogP contribution in [0.2, 0.25) is 0 Å². The van der Waals surface area contributed by atoms with Crippen molar-refractivity contribution in [2.45, 2.75) is 19.9 Å². The number of anilines is 4. The first-order chi connectivity index (χ1) is 21.1. The van der Waals surface area contributed by atoms with E-state index in [0.717, 1.165) is 35.6 Å². The second-order valence-corrected chi connectivity index (χ2v) is 11.1. The van der Waals surface area contributed by atoms with Gasteiger partial charge in [-0.25, -0.2) is 9.97 Å². The molecule has 2 N–H and O–H groups in total. The van der Waals surface area contributed by atoms with Gasteiger partial charge in [0.15, 0.2) is 5.82 Å². The summed E-state index contributed by atoms with van der Waals surface area (Å²) in [5, 5.41) is 6.14. The van der Waals surface area contributed by atoms with Crippen LogP contribution in [-0.4, -0.2) is 76.9 Å². The zero-order valence-electron chi connectivity index (χ0n) is 26.0. The fraction of sp³-hybridized carbons (Fsp3) is 0.303. The average molecular weight is 595 g/mol. The normalized spacial score (nSPS) is 15.3. The number of benzene rings is 2. The highest BCUT2D eigenvalue weighted by molar-refractivity contribution is 6.05. The van der Waals surface area contributed by atoms with Gasteiger partial charge in [0, 0.05) is 70.1 Å². The molecule has 0 spiro atoms. The summed E-state index contributed by atoms with van der Waals surface area (Å²) in [5.41, 5.74) is 4.53. The van der Waals surface area contributed by atoms with Crippen molar-refractivity contribution in [3.63, 3.8) is 0 Å². The molecule has 3 heterocycles. The van der Waals surface area contributed by atoms with Crippen LogP contribution >= 0.6 is 0 Å². The number of pyridine rings is 1. The summed E-state index contributed by atoms with van der Waals surface area (Å²) in [5.74, 6) is 0.754. The third-order valence-corrected chi connectivity index (χ3v) is 8.13. The topological polar surface area (TPSA) is 116 Å². The van der Waals surface area contributed by atoms with Crippen molar-refractivity contribution >= 4 is 34.8 Å². The molecule has 1 unspecified atom stereocenters. The Morgan fingerprint density at radius 3 is 2.45 bits per heavy atom. The van der Waals surface area contributed by atoms with Gasteiger partial charge in [-0.3, -0.25) is 19.3 Å². The van der Waals surface area contributed by atoms with Crippen LogP contribution in [0.25, 0.3) is 11.3 Å². The molecule has 2 aromatic carbocycles. The van der Waals surface area contributed by atoms with Gasteiger partial charge in [-0.1, -0.05) is 24.3 Å². The number of piperazine rings is 1. The molecule has 11 heteroatoms. The van der Waals surface area contributed by atoms with Gasteiger partial charge in [0.05, 0.1) is 11.3 Å². The Kier molecular flexibility index (Phi) is 8.77. The maximum atomic E-state index is 13.0. The fourth-order valence-electron chi connectivity index (χ4n) is 5.20. The Labute approximate surface area is 257 Å². The SMILES string of the molecule is CCN(C)c1ccc(C(=O)Nc2cccc(-c3cn(C)c(=O)c(Nc4ccc(C5C(=O)N(C)CCN5C)cc4)n3)c2C)cn1. The molecule has 5 rings (SSSR count). The standard InChI is InChI=1S/C33H38N8O3/c1-7-38(3)28-16-13-23(19-34-28)31(42)37-26-10-8-9-25(21(26)2)27-20-41(6)33(44)30(36-27)35-24-14-11-22(12-15-24)29-32(43)40(5)18-17-39(29)4/h8-16,19-20,29H,7,17-18H2,1-6H3,(H,35,36)(H,37,42). The Morgan fingerprint density at radius 2 is 1.77 bits per heavy atom. The van der Waals surface area contributed by atoms with E-state index >= 15 is 0 Å². The van der Waals surface area contributed by atoms with Crippen molar-refractivity contribution in [2.24, 2.45) is 7.05 Å². The van der Waals surface area contributed by atoms with Crippen molar-refractivity contribution in [3.8, 4) is 11.3 Å². The first kappa shape index (κ1) is 30.4. The summed E-state index contributed by atoms with van der Waals surface area (Å²) in [4.78, 5) is 53.7. The van der Waals surface area contributed by atoms with Gasteiger partial charge in [-0.15, -0.1) is 0 Å². The molecule has 2 amide bonds. The van der Waals surface area contributed by atoms with Gasteiger partial charge in [0.2, 0.25) is 5.91 Å². The van der Waals surface area contributed by atoms with Crippen molar-refractivity contribution in [3.05, 3.63) is 94.0 Å². The number of aryl methyl sites for hydroxylation is 1. The van der Waals surface area contributed by atoms with Crippen LogP contribution in [0.1, 0.15) is 34.5 Å². The van der Waals surface area contributed by atoms with Crippen LogP contribution in [0.4, 0.5) is 23.0 Å². The molecule has 0 saturated carbocycles. The van der Waals surface area contributed by atoms with E-state index in [1.54, 1.807) is 30.4 Å².